The van der Waals surface area contributed by atoms with E-state index < -0.39 is 17.8 Å². The molecule has 8 heteroatoms. The SMILES string of the molecule is C=CCN1C(=O)/C(=C\c2cc(C)n(-c3cccc(C(=O)OC)c3)c2C)C(=O)NC1=S. The van der Waals surface area contributed by atoms with Crippen molar-refractivity contribution in [2.75, 3.05) is 13.7 Å². The third-order valence-corrected chi connectivity index (χ3v) is 5.12. The van der Waals surface area contributed by atoms with Crippen LogP contribution in [-0.4, -0.2) is 46.0 Å². The van der Waals surface area contributed by atoms with Gasteiger partial charge in [-0.25, -0.2) is 4.79 Å². The average Bonchev–Trinajstić information content (AvgIpc) is 3.00. The number of hydrogen-bond donors (Lipinski definition) is 1. The molecule has 0 spiro atoms. The van der Waals surface area contributed by atoms with Gasteiger partial charge in [0.2, 0.25) is 0 Å². The summed E-state index contributed by atoms with van der Waals surface area (Å²) in [5.41, 5.74) is 3.59. The molecule has 154 valence electrons. The number of esters is 1. The van der Waals surface area contributed by atoms with Gasteiger partial charge in [0.05, 0.1) is 12.7 Å². The highest BCUT2D eigenvalue weighted by atomic mass is 32.1. The first-order valence-corrected chi connectivity index (χ1v) is 9.56. The minimum atomic E-state index is -0.539. The van der Waals surface area contributed by atoms with E-state index in [0.717, 1.165) is 17.1 Å². The van der Waals surface area contributed by atoms with Crippen molar-refractivity contribution >= 4 is 41.2 Å². The Bertz CT molecular complexity index is 1110. The summed E-state index contributed by atoms with van der Waals surface area (Å²) in [6.45, 7) is 7.60. The minimum absolute atomic E-state index is 0.00554. The van der Waals surface area contributed by atoms with E-state index in [4.69, 9.17) is 17.0 Å². The maximum absolute atomic E-state index is 12.8. The van der Waals surface area contributed by atoms with Gasteiger partial charge in [-0.05, 0) is 62.0 Å². The molecule has 0 saturated carbocycles. The topological polar surface area (TPSA) is 80.6 Å². The van der Waals surface area contributed by atoms with Crippen molar-refractivity contribution < 1.29 is 19.1 Å². The zero-order chi connectivity index (χ0) is 22.0. The Morgan fingerprint density at radius 2 is 2.00 bits per heavy atom. The molecule has 0 atom stereocenters. The van der Waals surface area contributed by atoms with Gasteiger partial charge in [0.25, 0.3) is 11.8 Å². The maximum atomic E-state index is 12.8. The number of amides is 2. The van der Waals surface area contributed by atoms with Gasteiger partial charge < -0.3 is 9.30 Å². The zero-order valence-corrected chi connectivity index (χ0v) is 17.7. The summed E-state index contributed by atoms with van der Waals surface area (Å²) in [5, 5.41) is 2.60. The van der Waals surface area contributed by atoms with Crippen LogP contribution in [0.3, 0.4) is 0 Å². The molecule has 1 N–H and O–H groups in total. The molecule has 2 heterocycles. The van der Waals surface area contributed by atoms with Crippen molar-refractivity contribution in [1.82, 2.24) is 14.8 Å². The number of thiocarbonyl (C=S) groups is 1. The molecule has 1 saturated heterocycles. The highest BCUT2D eigenvalue weighted by Gasteiger charge is 2.32. The van der Waals surface area contributed by atoms with Crippen molar-refractivity contribution in [2.45, 2.75) is 13.8 Å². The average molecular weight is 423 g/mol. The Kier molecular flexibility index (Phi) is 5.98. The van der Waals surface area contributed by atoms with Crippen LogP contribution in [0, 0.1) is 13.8 Å². The molecule has 1 aromatic carbocycles. The predicted molar refractivity (Wildman–Crippen MR) is 117 cm³/mol. The van der Waals surface area contributed by atoms with Crippen molar-refractivity contribution in [1.29, 1.82) is 0 Å². The summed E-state index contributed by atoms with van der Waals surface area (Å²) in [5.74, 6) is -1.44. The number of ether oxygens (including phenoxy) is 1. The van der Waals surface area contributed by atoms with Crippen LogP contribution in [-0.2, 0) is 14.3 Å². The number of carbonyl (C=O) groups excluding carboxylic acids is 3. The number of aryl methyl sites for hydroxylation is 1. The van der Waals surface area contributed by atoms with E-state index in [-0.39, 0.29) is 17.2 Å². The van der Waals surface area contributed by atoms with Crippen molar-refractivity contribution in [3.8, 4) is 5.69 Å². The number of benzene rings is 1. The lowest BCUT2D eigenvalue weighted by Gasteiger charge is -2.27. The molecular weight excluding hydrogens is 402 g/mol. The molecule has 0 aliphatic carbocycles. The summed E-state index contributed by atoms with van der Waals surface area (Å²) >= 11 is 5.08. The van der Waals surface area contributed by atoms with Crippen LogP contribution in [0.25, 0.3) is 11.8 Å². The molecule has 2 amide bonds. The molecule has 1 aromatic heterocycles. The largest absolute Gasteiger partial charge is 0.465 e. The van der Waals surface area contributed by atoms with Gasteiger partial charge in [0.15, 0.2) is 5.11 Å². The van der Waals surface area contributed by atoms with Crippen LogP contribution in [0.2, 0.25) is 0 Å². The van der Waals surface area contributed by atoms with Crippen LogP contribution in [0.15, 0.2) is 48.6 Å². The number of carbonyl (C=O) groups is 3. The zero-order valence-electron chi connectivity index (χ0n) is 16.9. The highest BCUT2D eigenvalue weighted by molar-refractivity contribution is 7.80. The second-order valence-electron chi connectivity index (χ2n) is 6.73. The molecule has 1 fully saturated rings. The van der Waals surface area contributed by atoms with E-state index in [0.29, 0.717) is 11.1 Å². The van der Waals surface area contributed by atoms with E-state index in [9.17, 15) is 14.4 Å². The Hall–Kier alpha value is -3.52. The lowest BCUT2D eigenvalue weighted by atomic mass is 10.1. The van der Waals surface area contributed by atoms with Crippen LogP contribution in [0.4, 0.5) is 0 Å². The number of nitrogens with zero attached hydrogens (tertiary/aromatic N) is 2. The Labute approximate surface area is 179 Å². The molecule has 3 rings (SSSR count). The van der Waals surface area contributed by atoms with Crippen LogP contribution in [0.5, 0.6) is 0 Å². The van der Waals surface area contributed by atoms with E-state index in [2.05, 4.69) is 11.9 Å². The lowest BCUT2D eigenvalue weighted by molar-refractivity contribution is -0.128. The van der Waals surface area contributed by atoms with Gasteiger partial charge in [-0.1, -0.05) is 12.1 Å². The van der Waals surface area contributed by atoms with Crippen molar-refractivity contribution in [3.05, 3.63) is 71.1 Å². The third kappa shape index (κ3) is 3.81. The third-order valence-electron chi connectivity index (χ3n) is 4.79. The van der Waals surface area contributed by atoms with Gasteiger partial charge in [-0.15, -0.1) is 6.58 Å². The maximum Gasteiger partial charge on any atom is 0.337 e. The fourth-order valence-corrected chi connectivity index (χ4v) is 3.62. The summed E-state index contributed by atoms with van der Waals surface area (Å²) in [4.78, 5) is 38.3. The first-order chi connectivity index (χ1) is 14.3. The normalized spacial score (nSPS) is 15.4. The van der Waals surface area contributed by atoms with Crippen LogP contribution < -0.4 is 5.32 Å². The number of rotatable bonds is 5. The fourth-order valence-electron chi connectivity index (χ4n) is 3.37. The highest BCUT2D eigenvalue weighted by Crippen LogP contribution is 2.25. The van der Waals surface area contributed by atoms with Gasteiger partial charge in [0, 0.05) is 23.6 Å². The number of hydrogen-bond acceptors (Lipinski definition) is 5. The van der Waals surface area contributed by atoms with Gasteiger partial charge >= 0.3 is 5.97 Å². The standard InChI is InChI=1S/C22H21N3O4S/c1-5-9-24-20(27)18(19(26)23-22(24)30)12-16-10-13(2)25(14(16)3)17-8-6-7-15(11-17)21(28)29-4/h5-8,10-12H,1,9H2,2-4H3,(H,23,26,30)/b18-12-. The smallest absolute Gasteiger partial charge is 0.337 e. The Morgan fingerprint density at radius 1 is 1.27 bits per heavy atom. The van der Waals surface area contributed by atoms with Crippen LogP contribution in [0.1, 0.15) is 27.3 Å². The summed E-state index contributed by atoms with van der Waals surface area (Å²) in [6, 6.07) is 8.91. The molecular formula is C22H21N3O4S. The first-order valence-electron chi connectivity index (χ1n) is 9.16. The number of aromatic nitrogens is 1. The summed E-state index contributed by atoms with van der Waals surface area (Å²) in [6.07, 6.45) is 3.10. The van der Waals surface area contributed by atoms with E-state index in [1.807, 2.05) is 30.5 Å². The predicted octanol–water partition coefficient (Wildman–Crippen LogP) is 2.69. The van der Waals surface area contributed by atoms with Gasteiger partial charge in [-0.3, -0.25) is 19.8 Å². The fraction of sp³-hybridized carbons (Fsp3) is 0.182. The lowest BCUT2D eigenvalue weighted by Crippen LogP contribution is -2.53. The van der Waals surface area contributed by atoms with Crippen molar-refractivity contribution in [2.24, 2.45) is 0 Å². The van der Waals surface area contributed by atoms with Crippen LogP contribution >= 0.6 is 12.2 Å². The molecule has 0 unspecified atom stereocenters. The molecule has 1 aliphatic heterocycles. The molecule has 7 nitrogen and oxygen atoms in total. The Morgan fingerprint density at radius 3 is 2.67 bits per heavy atom. The molecule has 0 radical (unpaired) electrons. The quantitative estimate of drug-likeness (QED) is 0.263. The number of nitrogens with one attached hydrogen (secondary N) is 1. The van der Waals surface area contributed by atoms with E-state index in [1.54, 1.807) is 30.4 Å². The molecule has 2 aromatic rings. The number of methoxy groups -OCH3 is 1. The summed E-state index contributed by atoms with van der Waals surface area (Å²) < 4.78 is 6.73. The second kappa shape index (κ2) is 8.46. The summed E-state index contributed by atoms with van der Waals surface area (Å²) in [7, 11) is 1.33. The molecule has 30 heavy (non-hydrogen) atoms. The van der Waals surface area contributed by atoms with E-state index in [1.165, 1.54) is 12.0 Å². The molecule has 0 bridgehead atoms. The van der Waals surface area contributed by atoms with Gasteiger partial charge in [-0.2, -0.15) is 0 Å². The molecule has 1 aliphatic rings. The second-order valence-corrected chi connectivity index (χ2v) is 7.11. The van der Waals surface area contributed by atoms with Gasteiger partial charge in [0.1, 0.15) is 5.57 Å². The van der Waals surface area contributed by atoms with E-state index >= 15 is 0 Å². The minimum Gasteiger partial charge on any atom is -0.465 e. The monoisotopic (exact) mass is 423 g/mol. The Balaban J connectivity index is 2.05. The first kappa shape index (κ1) is 21.2. The van der Waals surface area contributed by atoms with Crippen molar-refractivity contribution in [3.63, 3.8) is 0 Å².